The van der Waals surface area contributed by atoms with E-state index in [1.54, 1.807) is 6.21 Å². The van der Waals surface area contributed by atoms with Crippen molar-refractivity contribution in [2.24, 2.45) is 10.9 Å². The number of aromatic hydroxyl groups is 1. The molecule has 0 aliphatic heterocycles. The van der Waals surface area contributed by atoms with Crippen molar-refractivity contribution >= 4 is 30.5 Å². The van der Waals surface area contributed by atoms with Crippen molar-refractivity contribution in [3.63, 3.8) is 0 Å². The molecule has 2 aromatic carbocycles. The van der Waals surface area contributed by atoms with Crippen LogP contribution in [0.4, 0.5) is 5.69 Å². The summed E-state index contributed by atoms with van der Waals surface area (Å²) in [7, 11) is 9.78. The number of aryl methyl sites for hydroxylation is 1. The number of phenolic OH excluding ortho intramolecular Hbond substituents is 1. The van der Waals surface area contributed by atoms with Gasteiger partial charge in [-0.1, -0.05) is 56.4 Å². The minimum atomic E-state index is -0.556. The van der Waals surface area contributed by atoms with Crippen LogP contribution in [-0.4, -0.2) is 11.3 Å². The molecule has 0 aromatic heterocycles. The average molecular weight is 426 g/mol. The number of nitrogens with zero attached hydrogens (tertiary/aromatic N) is 1. The molecule has 1 saturated carbocycles. The van der Waals surface area contributed by atoms with Gasteiger partial charge in [0.05, 0.1) is 5.69 Å². The normalized spacial score (nSPS) is 14.7. The molecule has 0 amide bonds. The van der Waals surface area contributed by atoms with Crippen molar-refractivity contribution in [3.05, 3.63) is 59.2 Å². The van der Waals surface area contributed by atoms with Crippen LogP contribution in [0, 0.1) is 12.8 Å². The van der Waals surface area contributed by atoms with Gasteiger partial charge in [-0.05, 0) is 48.6 Å². The van der Waals surface area contributed by atoms with Crippen LogP contribution in [0.15, 0.2) is 47.5 Å². The van der Waals surface area contributed by atoms with Crippen molar-refractivity contribution in [2.75, 3.05) is 0 Å². The first-order valence-corrected chi connectivity index (χ1v) is 13.3. The fraction of sp³-hybridized carbons (Fsp3) is 0.381. The quantitative estimate of drug-likeness (QED) is 0.417. The molecular weight excluding hydrogens is 401 g/mol. The summed E-state index contributed by atoms with van der Waals surface area (Å²) in [5, 5.41) is 10.6. The van der Waals surface area contributed by atoms with Gasteiger partial charge in [0, 0.05) is 11.8 Å². The third kappa shape index (κ3) is 7.08. The first kappa shape index (κ1) is 21.5. The minimum absolute atomic E-state index is 0.404. The molecule has 1 aliphatic carbocycles. The first-order valence-electron chi connectivity index (χ1n) is 9.02. The Hall–Kier alpha value is -0.796. The second kappa shape index (κ2) is 11.8. The molecule has 2 aromatic rings. The molecule has 138 valence electrons. The number of hydrogen-bond donors (Lipinski definition) is 1. The monoisotopic (exact) mass is 425 g/mol. The van der Waals surface area contributed by atoms with Crippen LogP contribution in [0.1, 0.15) is 48.8 Å². The van der Waals surface area contributed by atoms with Crippen molar-refractivity contribution < 1.29 is 22.1 Å². The van der Waals surface area contributed by atoms with Crippen LogP contribution in [0.25, 0.3) is 0 Å². The summed E-state index contributed by atoms with van der Waals surface area (Å²) in [5.41, 5.74) is 3.98. The molecule has 1 fully saturated rings. The third-order valence-electron chi connectivity index (χ3n) is 4.70. The van der Waals surface area contributed by atoms with E-state index >= 15 is 0 Å². The van der Waals surface area contributed by atoms with E-state index in [2.05, 4.69) is 18.0 Å². The fourth-order valence-corrected chi connectivity index (χ4v) is 3.50. The summed E-state index contributed by atoms with van der Waals surface area (Å²) < 4.78 is 0. The topological polar surface area (TPSA) is 32.6 Å². The molecule has 0 unspecified atom stereocenters. The van der Waals surface area contributed by atoms with Crippen LogP contribution in [0.5, 0.6) is 5.75 Å². The van der Waals surface area contributed by atoms with Crippen molar-refractivity contribution in [3.8, 4) is 5.75 Å². The molecule has 26 heavy (non-hydrogen) atoms. The van der Waals surface area contributed by atoms with E-state index in [-0.39, 0.29) is 0 Å². The molecule has 0 heterocycles. The van der Waals surface area contributed by atoms with E-state index in [1.807, 2.05) is 36.4 Å². The average Bonchev–Trinajstić information content (AvgIpc) is 2.65. The van der Waals surface area contributed by atoms with Gasteiger partial charge >= 0.3 is 35.6 Å². The van der Waals surface area contributed by atoms with Crippen molar-refractivity contribution in [1.82, 2.24) is 0 Å². The second-order valence-corrected chi connectivity index (χ2v) is 9.31. The van der Waals surface area contributed by atoms with Crippen LogP contribution >= 0.6 is 18.6 Å². The van der Waals surface area contributed by atoms with Crippen LogP contribution in [0.3, 0.4) is 0 Å². The summed E-state index contributed by atoms with van der Waals surface area (Å²) >= 11 is -0.556. The van der Waals surface area contributed by atoms with Gasteiger partial charge in [-0.25, -0.2) is 0 Å². The molecule has 5 heteroatoms. The van der Waals surface area contributed by atoms with Gasteiger partial charge < -0.3 is 5.11 Å². The Morgan fingerprint density at radius 3 is 2.42 bits per heavy atom. The Morgan fingerprint density at radius 2 is 1.77 bits per heavy atom. The molecule has 1 aliphatic rings. The summed E-state index contributed by atoms with van der Waals surface area (Å²) in [4.78, 5) is 4.48. The van der Waals surface area contributed by atoms with Gasteiger partial charge in [-0.3, -0.25) is 4.99 Å². The maximum absolute atomic E-state index is 10.6. The summed E-state index contributed by atoms with van der Waals surface area (Å²) in [6, 6.07) is 14.0. The Morgan fingerprint density at radius 1 is 1.12 bits per heavy atom. The van der Waals surface area contributed by atoms with E-state index in [9.17, 15) is 5.11 Å². The van der Waals surface area contributed by atoms with Gasteiger partial charge in [-0.15, -0.1) is 0 Å². The number of phenols is 1. The van der Waals surface area contributed by atoms with Gasteiger partial charge in [0.25, 0.3) is 0 Å². The molecule has 0 spiro atoms. The molecule has 2 nitrogen and oxygen atoms in total. The van der Waals surface area contributed by atoms with Gasteiger partial charge in [0.1, 0.15) is 5.75 Å². The summed E-state index contributed by atoms with van der Waals surface area (Å²) in [5.74, 6) is 1.12. The molecule has 0 bridgehead atoms. The molecule has 0 saturated heterocycles. The van der Waals surface area contributed by atoms with E-state index < -0.39 is 17.0 Å². The number of benzene rings is 2. The predicted octanol–water partition coefficient (Wildman–Crippen LogP) is 6.95. The maximum atomic E-state index is 10.6. The second-order valence-electron chi connectivity index (χ2n) is 6.74. The number of aliphatic imine (C=N–C) groups is 1. The fourth-order valence-electron chi connectivity index (χ4n) is 3.50. The predicted molar refractivity (Wildman–Crippen MR) is 109 cm³/mol. The number of halogens is 2. The molecular formula is C21H25Cl2NOTi. The molecule has 1 N–H and O–H groups in total. The summed E-state index contributed by atoms with van der Waals surface area (Å²) in [6.45, 7) is 2.09. The van der Waals surface area contributed by atoms with Gasteiger partial charge in [0.15, 0.2) is 0 Å². The standard InChI is InChI=1S/C21H25NO.2ClH.Ti/c1-16-12-18(14-17-8-4-2-5-9-17)21(23)19(13-16)15-22-20-10-6-3-7-11-20;;;/h3,6-7,10-13,15,17,23H,2,4-5,8-9,14H2,1H3;2*1H;/q;;;+2/p-2. The van der Waals surface area contributed by atoms with Crippen LogP contribution in [0.2, 0.25) is 0 Å². The van der Waals surface area contributed by atoms with Crippen LogP contribution < -0.4 is 0 Å². The van der Waals surface area contributed by atoms with Crippen molar-refractivity contribution in [1.29, 1.82) is 0 Å². The van der Waals surface area contributed by atoms with E-state index in [0.29, 0.717) is 5.75 Å². The zero-order valence-corrected chi connectivity index (χ0v) is 18.2. The van der Waals surface area contributed by atoms with Gasteiger partial charge in [-0.2, -0.15) is 0 Å². The molecule has 0 radical (unpaired) electrons. The SMILES string of the molecule is Cc1cc(C=Nc2ccccc2)c(O)c(CC2CCCCC2)c1.[Cl][Ti][Cl]. The Kier molecular flexibility index (Phi) is 9.78. The Balaban J connectivity index is 0.000000758. The number of rotatable bonds is 4. The van der Waals surface area contributed by atoms with E-state index in [0.717, 1.165) is 29.2 Å². The third-order valence-corrected chi connectivity index (χ3v) is 4.70. The number of hydrogen-bond acceptors (Lipinski definition) is 2. The van der Waals surface area contributed by atoms with E-state index in [1.165, 1.54) is 37.7 Å². The van der Waals surface area contributed by atoms with Gasteiger partial charge in [0.2, 0.25) is 0 Å². The molecule has 0 atom stereocenters. The van der Waals surface area contributed by atoms with E-state index in [4.69, 9.17) is 18.6 Å². The zero-order valence-electron chi connectivity index (χ0n) is 15.1. The Labute approximate surface area is 173 Å². The number of para-hydroxylation sites is 1. The summed E-state index contributed by atoms with van der Waals surface area (Å²) in [6.07, 6.45) is 9.38. The zero-order chi connectivity index (χ0) is 18.8. The Bertz CT molecular complexity index is 701. The van der Waals surface area contributed by atoms with Crippen molar-refractivity contribution in [2.45, 2.75) is 45.4 Å². The first-order chi connectivity index (χ1) is 12.6. The van der Waals surface area contributed by atoms with Crippen LogP contribution in [-0.2, 0) is 23.5 Å². The molecule has 3 rings (SSSR count).